The molecule has 0 saturated heterocycles. The highest BCUT2D eigenvalue weighted by Gasteiger charge is 2.14. The number of hydrogen-bond donors (Lipinski definition) is 2. The van der Waals surface area contributed by atoms with Crippen molar-refractivity contribution in [1.29, 1.82) is 0 Å². The van der Waals surface area contributed by atoms with Crippen molar-refractivity contribution in [3.05, 3.63) is 82.2 Å². The van der Waals surface area contributed by atoms with Gasteiger partial charge in [0.1, 0.15) is 5.82 Å². The number of non-ortho nitro benzene ring substituents is 1. The molecule has 0 aromatic heterocycles. The average Bonchev–Trinajstić information content (AvgIpc) is 2.62. The van der Waals surface area contributed by atoms with E-state index in [9.17, 15) is 19.3 Å². The van der Waals surface area contributed by atoms with Crippen molar-refractivity contribution in [1.82, 2.24) is 5.32 Å². The van der Waals surface area contributed by atoms with Gasteiger partial charge in [-0.1, -0.05) is 36.4 Å². The van der Waals surface area contributed by atoms with Crippen LogP contribution in [0.2, 0.25) is 0 Å². The van der Waals surface area contributed by atoms with Crippen LogP contribution in [0.1, 0.15) is 10.4 Å². The van der Waals surface area contributed by atoms with Crippen molar-refractivity contribution in [3.8, 4) is 0 Å². The van der Waals surface area contributed by atoms with Gasteiger partial charge in [0.15, 0.2) is 5.11 Å². The molecular formula is C18H12FN3O3S. The molecule has 3 aromatic rings. The molecule has 6 nitrogen and oxygen atoms in total. The van der Waals surface area contributed by atoms with E-state index in [0.717, 1.165) is 29.0 Å². The Hall–Kier alpha value is -3.39. The van der Waals surface area contributed by atoms with E-state index in [1.165, 1.54) is 0 Å². The first-order valence-corrected chi connectivity index (χ1v) is 7.90. The maximum atomic E-state index is 13.8. The lowest BCUT2D eigenvalue weighted by atomic mass is 10.0. The number of nitrogens with one attached hydrogen (secondary N) is 2. The number of hydrogen-bond acceptors (Lipinski definition) is 4. The lowest BCUT2D eigenvalue weighted by molar-refractivity contribution is -0.384. The first kappa shape index (κ1) is 17.4. The van der Waals surface area contributed by atoms with Gasteiger partial charge < -0.3 is 5.32 Å². The zero-order valence-corrected chi connectivity index (χ0v) is 14.0. The van der Waals surface area contributed by atoms with Gasteiger partial charge in [0.2, 0.25) is 0 Å². The molecule has 0 spiro atoms. The van der Waals surface area contributed by atoms with Gasteiger partial charge >= 0.3 is 0 Å². The number of fused-ring (bicyclic) bond motifs is 1. The third-order valence-corrected chi connectivity index (χ3v) is 3.87. The summed E-state index contributed by atoms with van der Waals surface area (Å²) in [6.07, 6.45) is 0. The highest BCUT2D eigenvalue weighted by atomic mass is 32.1. The smallest absolute Gasteiger partial charge is 0.271 e. The molecule has 0 aliphatic heterocycles. The van der Waals surface area contributed by atoms with Gasteiger partial charge in [-0.2, -0.15) is 0 Å². The quantitative estimate of drug-likeness (QED) is 0.414. The highest BCUT2D eigenvalue weighted by molar-refractivity contribution is 7.80. The number of benzene rings is 3. The second kappa shape index (κ2) is 7.24. The third-order valence-electron chi connectivity index (χ3n) is 3.67. The number of amides is 1. The fourth-order valence-electron chi connectivity index (χ4n) is 2.47. The van der Waals surface area contributed by atoms with Gasteiger partial charge in [0, 0.05) is 17.7 Å². The molecule has 2 N–H and O–H groups in total. The Labute approximate surface area is 152 Å². The Bertz CT molecular complexity index is 1030. The lowest BCUT2D eigenvalue weighted by Crippen LogP contribution is -2.34. The first-order valence-electron chi connectivity index (χ1n) is 7.50. The van der Waals surface area contributed by atoms with Crippen LogP contribution in [0, 0.1) is 15.9 Å². The molecule has 0 aliphatic carbocycles. The number of carbonyl (C=O) groups excluding carboxylic acids is 1. The zero-order chi connectivity index (χ0) is 18.7. The molecule has 0 atom stereocenters. The molecule has 0 unspecified atom stereocenters. The minimum atomic E-state index is -0.725. The topological polar surface area (TPSA) is 84.3 Å². The molecule has 1 amide bonds. The van der Waals surface area contributed by atoms with E-state index in [0.29, 0.717) is 5.56 Å². The number of thiocarbonyl (C=S) groups is 1. The van der Waals surface area contributed by atoms with Crippen molar-refractivity contribution in [2.75, 3.05) is 5.32 Å². The summed E-state index contributed by atoms with van der Waals surface area (Å²) < 4.78 is 13.8. The van der Waals surface area contributed by atoms with Crippen LogP contribution >= 0.6 is 12.2 Å². The maximum Gasteiger partial charge on any atom is 0.271 e. The minimum Gasteiger partial charge on any atom is -0.330 e. The second-order valence-corrected chi connectivity index (χ2v) is 5.76. The third kappa shape index (κ3) is 3.65. The summed E-state index contributed by atoms with van der Waals surface area (Å²) in [4.78, 5) is 22.6. The maximum absolute atomic E-state index is 13.8. The minimum absolute atomic E-state index is 0.165. The normalized spacial score (nSPS) is 10.3. The van der Waals surface area contributed by atoms with Crippen molar-refractivity contribution in [2.45, 2.75) is 0 Å². The van der Waals surface area contributed by atoms with Gasteiger partial charge in [-0.3, -0.25) is 20.2 Å². The van der Waals surface area contributed by atoms with E-state index in [1.807, 2.05) is 24.3 Å². The summed E-state index contributed by atoms with van der Waals surface area (Å²) in [5, 5.41) is 17.2. The number of carbonyl (C=O) groups is 1. The molecule has 0 saturated carbocycles. The van der Waals surface area contributed by atoms with Crippen LogP contribution in [0.15, 0.2) is 60.7 Å². The molecule has 0 radical (unpaired) electrons. The number of rotatable bonds is 3. The van der Waals surface area contributed by atoms with Gasteiger partial charge in [-0.15, -0.1) is 0 Å². The largest absolute Gasteiger partial charge is 0.330 e. The van der Waals surface area contributed by atoms with Gasteiger partial charge in [-0.25, -0.2) is 4.39 Å². The Kier molecular flexibility index (Phi) is 4.85. The fraction of sp³-hybridized carbons (Fsp3) is 0. The summed E-state index contributed by atoms with van der Waals surface area (Å²) in [5.74, 6) is -1.19. The van der Waals surface area contributed by atoms with Gasteiger partial charge in [0.25, 0.3) is 11.6 Å². The molecule has 3 aromatic carbocycles. The Morgan fingerprint density at radius 1 is 1.08 bits per heavy atom. The Morgan fingerprint density at radius 2 is 1.81 bits per heavy atom. The Morgan fingerprint density at radius 3 is 2.58 bits per heavy atom. The predicted molar refractivity (Wildman–Crippen MR) is 101 cm³/mol. The summed E-state index contributed by atoms with van der Waals surface area (Å²) in [6.45, 7) is 0. The van der Waals surface area contributed by atoms with Crippen molar-refractivity contribution >= 4 is 45.4 Å². The van der Waals surface area contributed by atoms with Crippen LogP contribution < -0.4 is 10.6 Å². The van der Waals surface area contributed by atoms with E-state index < -0.39 is 16.6 Å². The Balaban J connectivity index is 1.79. The zero-order valence-electron chi connectivity index (χ0n) is 13.2. The molecule has 26 heavy (non-hydrogen) atoms. The number of nitro benzene ring substituents is 1. The van der Waals surface area contributed by atoms with Gasteiger partial charge in [-0.05, 0) is 35.1 Å². The SMILES string of the molecule is O=C(NC(=S)Nc1cc([N+](=O)[O-])ccc1F)c1cccc2ccccc12. The molecule has 3 rings (SSSR count). The molecule has 0 bridgehead atoms. The van der Waals surface area contributed by atoms with E-state index in [-0.39, 0.29) is 16.5 Å². The predicted octanol–water partition coefficient (Wildman–Crippen LogP) is 4.01. The number of nitro groups is 1. The summed E-state index contributed by atoms with van der Waals surface area (Å²) in [7, 11) is 0. The average molecular weight is 369 g/mol. The molecule has 0 fully saturated rings. The standard InChI is InChI=1S/C18H12FN3O3S/c19-15-9-8-12(22(24)25)10-16(15)20-18(26)21-17(23)14-7-3-5-11-4-1-2-6-13(11)14/h1-10H,(H2,20,21,23,26). The van der Waals surface area contributed by atoms with Crippen molar-refractivity contribution in [2.24, 2.45) is 0 Å². The summed E-state index contributed by atoms with van der Waals surface area (Å²) >= 11 is 5.02. The monoisotopic (exact) mass is 369 g/mol. The molecule has 8 heteroatoms. The highest BCUT2D eigenvalue weighted by Crippen LogP contribution is 2.21. The molecular weight excluding hydrogens is 357 g/mol. The summed E-state index contributed by atoms with van der Waals surface area (Å²) in [6, 6.07) is 15.6. The first-order chi connectivity index (χ1) is 12.5. The van der Waals surface area contributed by atoms with Crippen molar-refractivity contribution in [3.63, 3.8) is 0 Å². The van der Waals surface area contributed by atoms with E-state index >= 15 is 0 Å². The second-order valence-electron chi connectivity index (χ2n) is 5.36. The van der Waals surface area contributed by atoms with Crippen LogP contribution in [-0.2, 0) is 0 Å². The number of nitrogens with zero attached hydrogens (tertiary/aromatic N) is 1. The lowest BCUT2D eigenvalue weighted by Gasteiger charge is -2.11. The fourth-order valence-corrected chi connectivity index (χ4v) is 2.67. The molecule has 130 valence electrons. The van der Waals surface area contributed by atoms with Crippen LogP contribution in [0.25, 0.3) is 10.8 Å². The van der Waals surface area contributed by atoms with E-state index in [2.05, 4.69) is 10.6 Å². The molecule has 0 heterocycles. The molecule has 0 aliphatic rings. The van der Waals surface area contributed by atoms with Crippen LogP contribution in [0.5, 0.6) is 0 Å². The van der Waals surface area contributed by atoms with Crippen LogP contribution in [-0.4, -0.2) is 15.9 Å². The summed E-state index contributed by atoms with van der Waals surface area (Å²) in [5.41, 5.74) is -0.0775. The number of halogens is 1. The van der Waals surface area contributed by atoms with Crippen LogP contribution in [0.4, 0.5) is 15.8 Å². The number of anilines is 1. The van der Waals surface area contributed by atoms with E-state index in [4.69, 9.17) is 12.2 Å². The van der Waals surface area contributed by atoms with Gasteiger partial charge in [0.05, 0.1) is 10.6 Å². The van der Waals surface area contributed by atoms with E-state index in [1.54, 1.807) is 18.2 Å². The van der Waals surface area contributed by atoms with Crippen molar-refractivity contribution < 1.29 is 14.1 Å². The van der Waals surface area contributed by atoms with Crippen LogP contribution in [0.3, 0.4) is 0 Å².